The third-order valence-electron chi connectivity index (χ3n) is 3.81. The number of carboxylic acid groups (broad SMARTS) is 1. The van der Waals surface area contributed by atoms with Gasteiger partial charge in [0.05, 0.1) is 6.54 Å². The zero-order chi connectivity index (χ0) is 14.1. The van der Waals surface area contributed by atoms with E-state index in [4.69, 9.17) is 9.52 Å². The Morgan fingerprint density at radius 2 is 2.25 bits per heavy atom. The Labute approximate surface area is 117 Å². The van der Waals surface area contributed by atoms with Gasteiger partial charge in [0.25, 0.3) is 0 Å². The molecule has 0 radical (unpaired) electrons. The van der Waals surface area contributed by atoms with Gasteiger partial charge in [-0.25, -0.2) is 4.79 Å². The first-order chi connectivity index (χ1) is 9.65. The lowest BCUT2D eigenvalue weighted by atomic mass is 9.77. The van der Waals surface area contributed by atoms with Gasteiger partial charge in [0.1, 0.15) is 5.76 Å². The first kappa shape index (κ1) is 12.9. The number of aryl methyl sites for hydroxylation is 1. The van der Waals surface area contributed by atoms with Gasteiger partial charge >= 0.3 is 5.97 Å². The van der Waals surface area contributed by atoms with E-state index in [2.05, 4.69) is 29.6 Å². The molecule has 1 aromatic carbocycles. The molecule has 1 aliphatic carbocycles. The van der Waals surface area contributed by atoms with Crippen molar-refractivity contribution in [1.29, 1.82) is 0 Å². The maximum Gasteiger partial charge on any atom is 0.372 e. The SMILES string of the molecule is Cc1cc(CNCC2Cc3ccccc32)oc1C(=O)O. The highest BCUT2D eigenvalue weighted by molar-refractivity contribution is 5.86. The van der Waals surface area contributed by atoms with Crippen molar-refractivity contribution in [1.82, 2.24) is 5.32 Å². The van der Waals surface area contributed by atoms with Crippen molar-refractivity contribution in [2.24, 2.45) is 0 Å². The molecule has 0 saturated carbocycles. The highest BCUT2D eigenvalue weighted by atomic mass is 16.4. The minimum Gasteiger partial charge on any atom is -0.475 e. The fourth-order valence-corrected chi connectivity index (χ4v) is 2.76. The number of furan rings is 1. The summed E-state index contributed by atoms with van der Waals surface area (Å²) in [5.74, 6) is 0.256. The van der Waals surface area contributed by atoms with Crippen LogP contribution in [0, 0.1) is 6.92 Å². The van der Waals surface area contributed by atoms with Crippen LogP contribution >= 0.6 is 0 Å². The number of carbonyl (C=O) groups is 1. The number of fused-ring (bicyclic) bond motifs is 1. The van der Waals surface area contributed by atoms with Crippen molar-refractivity contribution in [2.45, 2.75) is 25.8 Å². The van der Waals surface area contributed by atoms with Gasteiger partial charge in [-0.15, -0.1) is 0 Å². The van der Waals surface area contributed by atoms with Crippen molar-refractivity contribution < 1.29 is 14.3 Å². The highest BCUT2D eigenvalue weighted by Crippen LogP contribution is 2.34. The van der Waals surface area contributed by atoms with Crippen LogP contribution in [0.3, 0.4) is 0 Å². The van der Waals surface area contributed by atoms with Gasteiger partial charge < -0.3 is 14.8 Å². The molecule has 0 amide bonds. The molecule has 104 valence electrons. The maximum absolute atomic E-state index is 10.9. The van der Waals surface area contributed by atoms with E-state index in [0.29, 0.717) is 23.8 Å². The molecule has 0 aliphatic heterocycles. The summed E-state index contributed by atoms with van der Waals surface area (Å²) in [5, 5.41) is 12.3. The van der Waals surface area contributed by atoms with Crippen LogP contribution in [-0.2, 0) is 13.0 Å². The summed E-state index contributed by atoms with van der Waals surface area (Å²) in [5.41, 5.74) is 3.52. The van der Waals surface area contributed by atoms with E-state index < -0.39 is 5.97 Å². The maximum atomic E-state index is 10.9. The Kier molecular flexibility index (Phi) is 3.32. The first-order valence-electron chi connectivity index (χ1n) is 6.76. The van der Waals surface area contributed by atoms with Gasteiger partial charge in [0.15, 0.2) is 0 Å². The molecule has 1 heterocycles. The second-order valence-electron chi connectivity index (χ2n) is 5.26. The van der Waals surface area contributed by atoms with Crippen molar-refractivity contribution in [3.8, 4) is 0 Å². The van der Waals surface area contributed by atoms with E-state index in [0.717, 1.165) is 13.0 Å². The number of rotatable bonds is 5. The van der Waals surface area contributed by atoms with E-state index >= 15 is 0 Å². The lowest BCUT2D eigenvalue weighted by molar-refractivity contribution is 0.0659. The third-order valence-corrected chi connectivity index (χ3v) is 3.81. The van der Waals surface area contributed by atoms with Crippen LogP contribution in [0.5, 0.6) is 0 Å². The van der Waals surface area contributed by atoms with E-state index in [1.165, 1.54) is 11.1 Å². The molecule has 3 rings (SSSR count). The summed E-state index contributed by atoms with van der Waals surface area (Å²) in [6, 6.07) is 10.3. The van der Waals surface area contributed by atoms with Crippen LogP contribution < -0.4 is 5.32 Å². The number of nitrogens with one attached hydrogen (secondary N) is 1. The Hall–Kier alpha value is -2.07. The summed E-state index contributed by atoms with van der Waals surface area (Å²) in [4.78, 5) is 10.9. The molecule has 1 unspecified atom stereocenters. The smallest absolute Gasteiger partial charge is 0.372 e. The number of hydrogen-bond acceptors (Lipinski definition) is 3. The van der Waals surface area contributed by atoms with Crippen LogP contribution in [-0.4, -0.2) is 17.6 Å². The van der Waals surface area contributed by atoms with E-state index in [-0.39, 0.29) is 5.76 Å². The highest BCUT2D eigenvalue weighted by Gasteiger charge is 2.24. The van der Waals surface area contributed by atoms with Crippen LogP contribution in [0.2, 0.25) is 0 Å². The molecular formula is C16H17NO3. The van der Waals surface area contributed by atoms with Crippen molar-refractivity contribution in [3.63, 3.8) is 0 Å². The molecule has 4 nitrogen and oxygen atoms in total. The minimum atomic E-state index is -1.01. The summed E-state index contributed by atoms with van der Waals surface area (Å²) < 4.78 is 5.32. The molecule has 1 atom stereocenters. The fourth-order valence-electron chi connectivity index (χ4n) is 2.76. The van der Waals surface area contributed by atoms with E-state index in [1.54, 1.807) is 13.0 Å². The monoisotopic (exact) mass is 271 g/mol. The summed E-state index contributed by atoms with van der Waals surface area (Å²) in [6.45, 7) is 3.20. The second kappa shape index (κ2) is 5.13. The average molecular weight is 271 g/mol. The molecule has 0 spiro atoms. The van der Waals surface area contributed by atoms with Crippen molar-refractivity contribution >= 4 is 5.97 Å². The van der Waals surface area contributed by atoms with Gasteiger partial charge in [-0.1, -0.05) is 24.3 Å². The summed E-state index contributed by atoms with van der Waals surface area (Å²) >= 11 is 0. The molecular weight excluding hydrogens is 254 g/mol. The predicted molar refractivity (Wildman–Crippen MR) is 75.0 cm³/mol. The summed E-state index contributed by atoms with van der Waals surface area (Å²) in [7, 11) is 0. The molecule has 1 aromatic heterocycles. The van der Waals surface area contributed by atoms with Crippen LogP contribution in [0.1, 0.15) is 38.9 Å². The quantitative estimate of drug-likeness (QED) is 0.877. The van der Waals surface area contributed by atoms with Crippen LogP contribution in [0.25, 0.3) is 0 Å². The Morgan fingerprint density at radius 1 is 1.45 bits per heavy atom. The number of hydrogen-bond donors (Lipinski definition) is 2. The third kappa shape index (κ3) is 2.34. The minimum absolute atomic E-state index is 0.0378. The predicted octanol–water partition coefficient (Wildman–Crippen LogP) is 2.72. The second-order valence-corrected chi connectivity index (χ2v) is 5.26. The molecule has 4 heteroatoms. The van der Waals surface area contributed by atoms with E-state index in [9.17, 15) is 4.79 Å². The normalized spacial score (nSPS) is 16.6. The Bertz CT molecular complexity index is 645. The molecule has 2 N–H and O–H groups in total. The molecule has 1 aliphatic rings. The van der Waals surface area contributed by atoms with Gasteiger partial charge in [0, 0.05) is 18.0 Å². The molecule has 2 aromatic rings. The van der Waals surface area contributed by atoms with Gasteiger partial charge in [-0.3, -0.25) is 0 Å². The summed E-state index contributed by atoms with van der Waals surface area (Å²) in [6.07, 6.45) is 1.11. The number of benzene rings is 1. The lowest BCUT2D eigenvalue weighted by Crippen LogP contribution is -2.28. The first-order valence-corrected chi connectivity index (χ1v) is 6.76. The molecule has 0 saturated heterocycles. The van der Waals surface area contributed by atoms with Gasteiger partial charge in [0.2, 0.25) is 5.76 Å². The van der Waals surface area contributed by atoms with Crippen LogP contribution in [0.15, 0.2) is 34.7 Å². The topological polar surface area (TPSA) is 62.5 Å². The molecule has 20 heavy (non-hydrogen) atoms. The number of carboxylic acids is 1. The standard InChI is InChI=1S/C16H17NO3/c1-10-6-13(20-15(10)16(18)19)9-17-8-12-7-11-4-2-3-5-14(11)12/h2-6,12,17H,7-9H2,1H3,(H,18,19). The van der Waals surface area contributed by atoms with Crippen molar-refractivity contribution in [3.05, 3.63) is 58.5 Å². The van der Waals surface area contributed by atoms with Crippen molar-refractivity contribution in [2.75, 3.05) is 6.54 Å². The van der Waals surface area contributed by atoms with E-state index in [1.807, 2.05) is 0 Å². The van der Waals surface area contributed by atoms with Gasteiger partial charge in [-0.2, -0.15) is 0 Å². The molecule has 0 bridgehead atoms. The zero-order valence-electron chi connectivity index (χ0n) is 11.3. The Morgan fingerprint density at radius 3 is 2.95 bits per heavy atom. The van der Waals surface area contributed by atoms with Crippen LogP contribution in [0.4, 0.5) is 0 Å². The molecule has 0 fully saturated rings. The lowest BCUT2D eigenvalue weighted by Gasteiger charge is -2.30. The Balaban J connectivity index is 1.54. The average Bonchev–Trinajstić information content (AvgIpc) is 2.76. The zero-order valence-corrected chi connectivity index (χ0v) is 11.3. The number of aromatic carboxylic acids is 1. The largest absolute Gasteiger partial charge is 0.475 e. The van der Waals surface area contributed by atoms with Gasteiger partial charge in [-0.05, 0) is 30.5 Å². The fraction of sp³-hybridized carbons (Fsp3) is 0.312.